The second-order valence-electron chi connectivity index (χ2n) is 2.66. The molecule has 70 valence electrons. The van der Waals surface area contributed by atoms with Crippen LogP contribution in [0.3, 0.4) is 0 Å². The van der Waals surface area contributed by atoms with Crippen molar-refractivity contribution in [3.8, 4) is 5.82 Å². The van der Waals surface area contributed by atoms with E-state index in [-0.39, 0.29) is 5.56 Å². The Balaban J connectivity index is 2.36. The number of pyridine rings is 1. The van der Waals surface area contributed by atoms with Gasteiger partial charge in [0, 0.05) is 24.2 Å². The van der Waals surface area contributed by atoms with Crippen molar-refractivity contribution in [2.75, 3.05) is 0 Å². The number of carbonyl (C=O) groups is 1. The van der Waals surface area contributed by atoms with E-state index >= 15 is 0 Å². The van der Waals surface area contributed by atoms with Crippen molar-refractivity contribution >= 4 is 5.97 Å². The summed E-state index contributed by atoms with van der Waals surface area (Å²) in [6.45, 7) is 0. The number of rotatable bonds is 2. The molecule has 0 amide bonds. The lowest BCUT2D eigenvalue weighted by molar-refractivity contribution is -0.255. The molecule has 2 rings (SSSR count). The molecule has 0 aliphatic rings. The molecule has 0 N–H and O–H groups in total. The summed E-state index contributed by atoms with van der Waals surface area (Å²) in [6, 6.07) is 3.03. The number of imidazole rings is 1. The largest absolute Gasteiger partial charge is 0.545 e. The zero-order chi connectivity index (χ0) is 9.97. The third-order valence-electron chi connectivity index (χ3n) is 1.75. The van der Waals surface area contributed by atoms with Crippen LogP contribution in [0.4, 0.5) is 0 Å². The van der Waals surface area contributed by atoms with E-state index in [9.17, 15) is 9.90 Å². The maximum atomic E-state index is 10.4. The molecule has 0 aliphatic carbocycles. The van der Waals surface area contributed by atoms with Crippen molar-refractivity contribution in [3.05, 3.63) is 42.6 Å². The van der Waals surface area contributed by atoms with Crippen LogP contribution >= 0.6 is 0 Å². The van der Waals surface area contributed by atoms with Gasteiger partial charge in [0.15, 0.2) is 0 Å². The van der Waals surface area contributed by atoms with Gasteiger partial charge in [0.25, 0.3) is 0 Å². The molecule has 0 aromatic carbocycles. The summed E-state index contributed by atoms with van der Waals surface area (Å²) in [5.41, 5.74) is 0.0638. The molecule has 5 nitrogen and oxygen atoms in total. The van der Waals surface area contributed by atoms with Crippen LogP contribution in [0.2, 0.25) is 0 Å². The third kappa shape index (κ3) is 1.47. The van der Waals surface area contributed by atoms with Gasteiger partial charge in [-0.3, -0.25) is 4.57 Å². The molecule has 5 heteroatoms. The predicted octanol–water partition coefficient (Wildman–Crippen LogP) is -0.369. The summed E-state index contributed by atoms with van der Waals surface area (Å²) in [5.74, 6) is -0.609. The van der Waals surface area contributed by atoms with E-state index in [0.29, 0.717) is 5.82 Å². The summed E-state index contributed by atoms with van der Waals surface area (Å²) < 4.78 is 1.68. The van der Waals surface area contributed by atoms with Gasteiger partial charge in [-0.25, -0.2) is 9.97 Å². The minimum absolute atomic E-state index is 0.0638. The van der Waals surface area contributed by atoms with Crippen molar-refractivity contribution < 1.29 is 9.90 Å². The molecular formula is C9H6N3O2-. The first-order valence-electron chi connectivity index (χ1n) is 3.93. The van der Waals surface area contributed by atoms with Gasteiger partial charge in [-0.1, -0.05) is 0 Å². The maximum absolute atomic E-state index is 10.4. The van der Waals surface area contributed by atoms with E-state index in [1.807, 2.05) is 0 Å². The average Bonchev–Trinajstić information content (AvgIpc) is 2.71. The standard InChI is InChI=1S/C9H7N3O2/c13-9(14)7-1-2-8(11-5-7)12-4-3-10-6-12/h1-6H,(H,13,14)/p-1. The highest BCUT2D eigenvalue weighted by atomic mass is 16.4. The van der Waals surface area contributed by atoms with E-state index in [1.54, 1.807) is 29.4 Å². The van der Waals surface area contributed by atoms with Crippen LogP contribution in [0.25, 0.3) is 5.82 Å². The van der Waals surface area contributed by atoms with E-state index in [4.69, 9.17) is 0 Å². The molecular weight excluding hydrogens is 182 g/mol. The van der Waals surface area contributed by atoms with E-state index < -0.39 is 5.97 Å². The monoisotopic (exact) mass is 188 g/mol. The quantitative estimate of drug-likeness (QED) is 0.644. The van der Waals surface area contributed by atoms with Gasteiger partial charge in [0.2, 0.25) is 0 Å². The first-order chi connectivity index (χ1) is 6.77. The molecule has 0 bridgehead atoms. The number of carboxylic acid groups (broad SMARTS) is 1. The van der Waals surface area contributed by atoms with Crippen LogP contribution in [-0.4, -0.2) is 20.5 Å². The number of aromatic carboxylic acids is 1. The second-order valence-corrected chi connectivity index (χ2v) is 2.66. The fraction of sp³-hybridized carbons (Fsp3) is 0. The highest BCUT2D eigenvalue weighted by Gasteiger charge is 1.97. The molecule has 0 aliphatic heterocycles. The van der Waals surface area contributed by atoms with Gasteiger partial charge in [0.1, 0.15) is 12.1 Å². The van der Waals surface area contributed by atoms with Crippen molar-refractivity contribution in [1.29, 1.82) is 0 Å². The molecule has 0 saturated heterocycles. The van der Waals surface area contributed by atoms with Crippen LogP contribution < -0.4 is 5.11 Å². The van der Waals surface area contributed by atoms with Crippen molar-refractivity contribution in [2.45, 2.75) is 0 Å². The van der Waals surface area contributed by atoms with Gasteiger partial charge in [-0.15, -0.1) is 0 Å². The third-order valence-corrected chi connectivity index (χ3v) is 1.75. The fourth-order valence-electron chi connectivity index (χ4n) is 1.05. The Morgan fingerprint density at radius 3 is 2.79 bits per heavy atom. The minimum atomic E-state index is -1.23. The number of nitrogens with zero attached hydrogens (tertiary/aromatic N) is 3. The van der Waals surface area contributed by atoms with Crippen LogP contribution in [-0.2, 0) is 0 Å². The first-order valence-corrected chi connectivity index (χ1v) is 3.93. The number of hydrogen-bond acceptors (Lipinski definition) is 4. The number of aromatic nitrogens is 3. The number of hydrogen-bond donors (Lipinski definition) is 0. The predicted molar refractivity (Wildman–Crippen MR) is 45.7 cm³/mol. The van der Waals surface area contributed by atoms with Crippen LogP contribution in [0, 0.1) is 0 Å². The molecule has 2 heterocycles. The molecule has 0 radical (unpaired) electrons. The zero-order valence-corrected chi connectivity index (χ0v) is 7.12. The first kappa shape index (κ1) is 8.43. The lowest BCUT2D eigenvalue weighted by Crippen LogP contribution is -2.22. The van der Waals surface area contributed by atoms with Gasteiger partial charge < -0.3 is 9.90 Å². The Hall–Kier alpha value is -2.17. The highest BCUT2D eigenvalue weighted by molar-refractivity contribution is 5.85. The summed E-state index contributed by atoms with van der Waals surface area (Å²) in [7, 11) is 0. The van der Waals surface area contributed by atoms with E-state index in [0.717, 1.165) is 0 Å². The van der Waals surface area contributed by atoms with Crippen LogP contribution in [0.5, 0.6) is 0 Å². The Bertz CT molecular complexity index is 434. The minimum Gasteiger partial charge on any atom is -0.545 e. The van der Waals surface area contributed by atoms with Gasteiger partial charge >= 0.3 is 0 Å². The van der Waals surface area contributed by atoms with E-state index in [1.165, 1.54) is 12.3 Å². The van der Waals surface area contributed by atoms with Crippen LogP contribution in [0.15, 0.2) is 37.1 Å². The molecule has 2 aromatic rings. The lowest BCUT2D eigenvalue weighted by atomic mass is 10.3. The molecule has 0 fully saturated rings. The molecule has 14 heavy (non-hydrogen) atoms. The average molecular weight is 188 g/mol. The SMILES string of the molecule is O=C([O-])c1ccc(-n2ccnc2)nc1. The summed E-state index contributed by atoms with van der Waals surface area (Å²) in [5, 5.41) is 10.4. The van der Waals surface area contributed by atoms with Gasteiger partial charge in [-0.05, 0) is 12.1 Å². The lowest BCUT2D eigenvalue weighted by Gasteiger charge is -2.03. The molecule has 0 saturated carbocycles. The number of carbonyl (C=O) groups excluding carboxylic acids is 1. The second kappa shape index (κ2) is 3.29. The maximum Gasteiger partial charge on any atom is 0.137 e. The molecule has 2 aromatic heterocycles. The molecule has 0 atom stereocenters. The van der Waals surface area contributed by atoms with Crippen molar-refractivity contribution in [3.63, 3.8) is 0 Å². The summed E-state index contributed by atoms with van der Waals surface area (Å²) in [4.78, 5) is 18.2. The summed E-state index contributed by atoms with van der Waals surface area (Å²) >= 11 is 0. The fourth-order valence-corrected chi connectivity index (χ4v) is 1.05. The van der Waals surface area contributed by atoms with Gasteiger partial charge in [-0.2, -0.15) is 0 Å². The molecule has 0 unspecified atom stereocenters. The molecule has 0 spiro atoms. The normalized spacial score (nSPS) is 10.0. The van der Waals surface area contributed by atoms with Crippen molar-refractivity contribution in [2.24, 2.45) is 0 Å². The Morgan fingerprint density at radius 2 is 2.29 bits per heavy atom. The zero-order valence-electron chi connectivity index (χ0n) is 7.12. The van der Waals surface area contributed by atoms with Crippen molar-refractivity contribution in [1.82, 2.24) is 14.5 Å². The van der Waals surface area contributed by atoms with Gasteiger partial charge in [0.05, 0.1) is 5.97 Å². The highest BCUT2D eigenvalue weighted by Crippen LogP contribution is 2.04. The number of carboxylic acids is 1. The Kier molecular flexibility index (Phi) is 1.98. The Morgan fingerprint density at radius 1 is 1.43 bits per heavy atom. The van der Waals surface area contributed by atoms with Crippen LogP contribution in [0.1, 0.15) is 10.4 Å². The Labute approximate surface area is 79.7 Å². The van der Waals surface area contributed by atoms with E-state index in [2.05, 4.69) is 9.97 Å². The summed E-state index contributed by atoms with van der Waals surface area (Å²) in [6.07, 6.45) is 6.18. The smallest absolute Gasteiger partial charge is 0.137 e. The topological polar surface area (TPSA) is 70.8 Å².